The van der Waals surface area contributed by atoms with E-state index < -0.39 is 15.8 Å². The van der Waals surface area contributed by atoms with Gasteiger partial charge in [-0.05, 0) is 24.3 Å². The largest absolute Gasteiger partial charge is 0.478 e. The number of halogens is 2. The number of anilines is 5. The van der Waals surface area contributed by atoms with Crippen molar-refractivity contribution in [3.63, 3.8) is 0 Å². The van der Waals surface area contributed by atoms with Crippen molar-refractivity contribution in [1.82, 2.24) is 9.97 Å². The second-order valence-corrected chi connectivity index (χ2v) is 7.81. The molecule has 29 heavy (non-hydrogen) atoms. The van der Waals surface area contributed by atoms with Gasteiger partial charge in [-0.2, -0.15) is 4.98 Å². The lowest BCUT2D eigenvalue weighted by Crippen LogP contribution is -2.11. The van der Waals surface area contributed by atoms with Gasteiger partial charge in [-0.25, -0.2) is 17.8 Å². The van der Waals surface area contributed by atoms with Crippen molar-refractivity contribution in [1.29, 1.82) is 0 Å². The van der Waals surface area contributed by atoms with Gasteiger partial charge in [0.05, 0.1) is 23.8 Å². The molecule has 152 valence electrons. The van der Waals surface area contributed by atoms with Gasteiger partial charge in [0.25, 0.3) is 0 Å². The van der Waals surface area contributed by atoms with Gasteiger partial charge in [0.1, 0.15) is 5.75 Å². The normalized spacial score (nSPS) is 11.0. The Morgan fingerprint density at radius 1 is 1.10 bits per heavy atom. The molecule has 0 aliphatic heterocycles. The van der Waals surface area contributed by atoms with Crippen molar-refractivity contribution >= 4 is 50.5 Å². The first-order valence-electron chi connectivity index (χ1n) is 8.26. The maximum atomic E-state index is 14.2. The number of hydrogen-bond donors (Lipinski definition) is 3. The Morgan fingerprint density at radius 3 is 2.59 bits per heavy atom. The molecule has 0 saturated carbocycles. The zero-order valence-electron chi connectivity index (χ0n) is 15.2. The predicted molar refractivity (Wildman–Crippen MR) is 111 cm³/mol. The number of sulfonamides is 1. The third-order valence-electron chi connectivity index (χ3n) is 3.53. The molecule has 0 saturated heterocycles. The average molecular weight is 438 g/mol. The smallest absolute Gasteiger partial charge is 0.229 e. The molecule has 0 fully saturated rings. The van der Waals surface area contributed by atoms with Gasteiger partial charge in [-0.15, -0.1) is 0 Å². The minimum atomic E-state index is -3.51. The molecule has 0 unspecified atom stereocenters. The van der Waals surface area contributed by atoms with Crippen molar-refractivity contribution in [2.24, 2.45) is 0 Å². The van der Waals surface area contributed by atoms with Crippen LogP contribution in [-0.4, -0.2) is 30.7 Å². The van der Waals surface area contributed by atoms with Crippen molar-refractivity contribution in [2.45, 2.75) is 0 Å². The van der Waals surface area contributed by atoms with Crippen LogP contribution in [0.4, 0.5) is 33.2 Å². The van der Waals surface area contributed by atoms with Crippen LogP contribution in [0.5, 0.6) is 5.75 Å². The molecule has 2 aromatic carbocycles. The predicted octanol–water partition coefficient (Wildman–Crippen LogP) is 4.05. The number of alkyl halides is 1. The molecule has 0 aliphatic rings. The molecule has 3 rings (SSSR count). The minimum Gasteiger partial charge on any atom is -0.478 e. The summed E-state index contributed by atoms with van der Waals surface area (Å²) in [4.78, 5) is 8.04. The van der Waals surface area contributed by atoms with Crippen LogP contribution in [0.1, 0.15) is 0 Å². The Morgan fingerprint density at radius 2 is 1.86 bits per heavy atom. The van der Waals surface area contributed by atoms with E-state index in [0.29, 0.717) is 17.1 Å². The van der Waals surface area contributed by atoms with Gasteiger partial charge in [-0.3, -0.25) is 4.72 Å². The van der Waals surface area contributed by atoms with E-state index in [-0.39, 0.29) is 23.5 Å². The SMILES string of the molecule is CS(=O)(=O)Nc1ccccc1Nc1nc(Nc2cccc(OCCl)c2)ncc1F. The topological polar surface area (TPSA) is 105 Å². The van der Waals surface area contributed by atoms with Crippen LogP contribution in [0.15, 0.2) is 54.7 Å². The van der Waals surface area contributed by atoms with Crippen LogP contribution in [0.3, 0.4) is 0 Å². The summed E-state index contributed by atoms with van der Waals surface area (Å²) in [7, 11) is -3.51. The second-order valence-electron chi connectivity index (χ2n) is 5.84. The summed E-state index contributed by atoms with van der Waals surface area (Å²) in [6.07, 6.45) is 2.03. The molecule has 0 spiro atoms. The third kappa shape index (κ3) is 5.93. The summed E-state index contributed by atoms with van der Waals surface area (Å²) in [6, 6.07) is 13.4. The maximum Gasteiger partial charge on any atom is 0.229 e. The highest BCUT2D eigenvalue weighted by atomic mass is 35.5. The van der Waals surface area contributed by atoms with Crippen LogP contribution in [-0.2, 0) is 10.0 Å². The summed E-state index contributed by atoms with van der Waals surface area (Å²) in [5.41, 5.74) is 1.21. The van der Waals surface area contributed by atoms with Crippen LogP contribution < -0.4 is 20.1 Å². The Bertz CT molecular complexity index is 1110. The molecule has 1 aromatic heterocycles. The molecule has 0 atom stereocenters. The number of hydrogen-bond acceptors (Lipinski definition) is 7. The number of aromatic nitrogens is 2. The first-order chi connectivity index (χ1) is 13.8. The third-order valence-corrected chi connectivity index (χ3v) is 4.23. The van der Waals surface area contributed by atoms with E-state index in [1.54, 1.807) is 48.5 Å². The summed E-state index contributed by atoms with van der Waals surface area (Å²) < 4.78 is 44.9. The maximum absolute atomic E-state index is 14.2. The van der Waals surface area contributed by atoms with E-state index in [1.165, 1.54) is 0 Å². The molecule has 0 bridgehead atoms. The Hall–Kier alpha value is -3.11. The van der Waals surface area contributed by atoms with Gasteiger partial charge in [0.2, 0.25) is 16.0 Å². The molecule has 0 radical (unpaired) electrons. The highest BCUT2D eigenvalue weighted by molar-refractivity contribution is 7.92. The van der Waals surface area contributed by atoms with Gasteiger partial charge in [0, 0.05) is 11.8 Å². The number of para-hydroxylation sites is 2. The highest BCUT2D eigenvalue weighted by Crippen LogP contribution is 2.27. The fraction of sp³-hybridized carbons (Fsp3) is 0.111. The molecule has 3 aromatic rings. The highest BCUT2D eigenvalue weighted by Gasteiger charge is 2.12. The summed E-state index contributed by atoms with van der Waals surface area (Å²) >= 11 is 5.56. The number of ether oxygens (including phenoxy) is 1. The van der Waals surface area contributed by atoms with E-state index in [1.807, 2.05) is 0 Å². The van der Waals surface area contributed by atoms with E-state index >= 15 is 0 Å². The van der Waals surface area contributed by atoms with Crippen LogP contribution in [0.2, 0.25) is 0 Å². The molecule has 11 heteroatoms. The van der Waals surface area contributed by atoms with E-state index in [9.17, 15) is 12.8 Å². The standard InChI is InChI=1S/C18H17ClFN5O3S/c1-29(26,27)25-16-8-3-2-7-15(16)23-17-14(20)10-21-18(24-17)22-12-5-4-6-13(9-12)28-11-19/h2-10,25H,11H2,1H3,(H2,21,22,23,24). The van der Waals surface area contributed by atoms with Crippen LogP contribution in [0.25, 0.3) is 0 Å². The number of nitrogens with one attached hydrogen (secondary N) is 3. The molecule has 3 N–H and O–H groups in total. The van der Waals surface area contributed by atoms with Crippen molar-refractivity contribution in [3.8, 4) is 5.75 Å². The minimum absolute atomic E-state index is 0.00545. The lowest BCUT2D eigenvalue weighted by molar-refractivity contribution is 0.388. The van der Waals surface area contributed by atoms with E-state index in [2.05, 4.69) is 25.3 Å². The monoisotopic (exact) mass is 437 g/mol. The van der Waals surface area contributed by atoms with Gasteiger partial charge >= 0.3 is 0 Å². The van der Waals surface area contributed by atoms with Gasteiger partial charge < -0.3 is 15.4 Å². The molecular formula is C18H17ClFN5O3S. The van der Waals surface area contributed by atoms with Gasteiger partial charge in [0.15, 0.2) is 17.7 Å². The summed E-state index contributed by atoms with van der Waals surface area (Å²) in [5, 5.41) is 5.73. The quantitative estimate of drug-likeness (QED) is 0.456. The molecule has 0 aliphatic carbocycles. The molecule has 8 nitrogen and oxygen atoms in total. The zero-order valence-corrected chi connectivity index (χ0v) is 16.8. The molecular weight excluding hydrogens is 421 g/mol. The summed E-state index contributed by atoms with van der Waals surface area (Å²) in [5.74, 6) is -0.154. The number of nitrogens with zero attached hydrogens (tertiary/aromatic N) is 2. The fourth-order valence-electron chi connectivity index (χ4n) is 2.38. The first kappa shape index (κ1) is 20.6. The van der Waals surface area contributed by atoms with Gasteiger partial charge in [-0.1, -0.05) is 29.8 Å². The summed E-state index contributed by atoms with van der Waals surface area (Å²) in [6.45, 7) is 0. The first-order valence-corrected chi connectivity index (χ1v) is 10.7. The Balaban J connectivity index is 1.84. The Kier molecular flexibility index (Phi) is 6.35. The molecule has 1 heterocycles. The van der Waals surface area contributed by atoms with Crippen LogP contribution in [0, 0.1) is 5.82 Å². The zero-order chi connectivity index (χ0) is 20.9. The van der Waals surface area contributed by atoms with Crippen molar-refractivity contribution in [3.05, 3.63) is 60.5 Å². The van der Waals surface area contributed by atoms with Crippen molar-refractivity contribution in [2.75, 3.05) is 27.7 Å². The lowest BCUT2D eigenvalue weighted by atomic mass is 10.2. The number of rotatable bonds is 8. The van der Waals surface area contributed by atoms with E-state index in [4.69, 9.17) is 16.3 Å². The van der Waals surface area contributed by atoms with Crippen LogP contribution >= 0.6 is 11.6 Å². The van der Waals surface area contributed by atoms with E-state index in [0.717, 1.165) is 12.5 Å². The lowest BCUT2D eigenvalue weighted by Gasteiger charge is -2.13. The average Bonchev–Trinajstić information content (AvgIpc) is 2.65. The second kappa shape index (κ2) is 8.93. The Labute approximate surface area is 172 Å². The molecule has 0 amide bonds. The number of benzene rings is 2. The van der Waals surface area contributed by atoms with Crippen molar-refractivity contribution < 1.29 is 17.5 Å². The fourth-order valence-corrected chi connectivity index (χ4v) is 3.08.